The highest BCUT2D eigenvalue weighted by atomic mass is 32.2. The Morgan fingerprint density at radius 3 is 2.26 bits per heavy atom. The summed E-state index contributed by atoms with van der Waals surface area (Å²) in [5.74, 6) is 2.73. The zero-order valence-corrected chi connectivity index (χ0v) is 20.8. The molecule has 1 aromatic rings. The topological polar surface area (TPSA) is 113 Å². The Kier molecular flexibility index (Phi) is 8.53. The van der Waals surface area contributed by atoms with Gasteiger partial charge in [0.1, 0.15) is 6.04 Å². The van der Waals surface area contributed by atoms with E-state index in [9.17, 15) is 14.4 Å². The molecule has 1 aromatic carbocycles. The third kappa shape index (κ3) is 6.33. The molecule has 0 aromatic heterocycles. The van der Waals surface area contributed by atoms with Crippen LogP contribution < -0.4 is 21.7 Å². The van der Waals surface area contributed by atoms with Gasteiger partial charge < -0.3 is 21.7 Å². The maximum atomic E-state index is 13.4. The molecule has 5 N–H and O–H groups in total. The molecule has 0 aliphatic heterocycles. The van der Waals surface area contributed by atoms with Crippen molar-refractivity contribution < 1.29 is 14.4 Å². The summed E-state index contributed by atoms with van der Waals surface area (Å²) in [7, 11) is 0. The third-order valence-electron chi connectivity index (χ3n) is 7.86. The molecule has 2 atom stereocenters. The van der Waals surface area contributed by atoms with E-state index >= 15 is 0 Å². The smallest absolute Gasteiger partial charge is 0.243 e. The molecule has 186 valence electrons. The average Bonchev–Trinajstić information content (AvgIpc) is 2.82. The van der Waals surface area contributed by atoms with E-state index in [0.29, 0.717) is 24.7 Å². The van der Waals surface area contributed by atoms with Crippen molar-refractivity contribution in [3.05, 3.63) is 35.9 Å². The Labute approximate surface area is 206 Å². The predicted octanol–water partition coefficient (Wildman–Crippen LogP) is 1.85. The van der Waals surface area contributed by atoms with Crippen molar-refractivity contribution >= 4 is 29.5 Å². The summed E-state index contributed by atoms with van der Waals surface area (Å²) in [6.07, 6.45) is 9.16. The van der Waals surface area contributed by atoms with Crippen LogP contribution in [0, 0.1) is 23.7 Å². The molecular formula is C26H38N4O3S. The van der Waals surface area contributed by atoms with Crippen molar-refractivity contribution in [1.82, 2.24) is 16.0 Å². The molecule has 34 heavy (non-hydrogen) atoms. The molecule has 5 rings (SSSR count). The van der Waals surface area contributed by atoms with Gasteiger partial charge in [-0.15, -0.1) is 0 Å². The van der Waals surface area contributed by atoms with Gasteiger partial charge in [-0.1, -0.05) is 30.3 Å². The molecule has 0 unspecified atom stereocenters. The molecule has 4 bridgehead atoms. The largest absolute Gasteiger partial charge is 0.351 e. The summed E-state index contributed by atoms with van der Waals surface area (Å²) in [5.41, 5.74) is 6.86. The second-order valence-electron chi connectivity index (χ2n) is 10.4. The van der Waals surface area contributed by atoms with Crippen LogP contribution in [0.2, 0.25) is 0 Å². The van der Waals surface area contributed by atoms with Crippen LogP contribution >= 0.6 is 11.8 Å². The van der Waals surface area contributed by atoms with Crippen LogP contribution in [0.1, 0.15) is 44.1 Å². The molecule has 4 aliphatic carbocycles. The fraction of sp³-hybridized carbons (Fsp3) is 0.654. The summed E-state index contributed by atoms with van der Waals surface area (Å²) in [6.45, 7) is -0.192. The van der Waals surface area contributed by atoms with E-state index in [0.717, 1.165) is 23.2 Å². The summed E-state index contributed by atoms with van der Waals surface area (Å²) in [4.78, 5) is 38.2. The van der Waals surface area contributed by atoms with Gasteiger partial charge in [0.15, 0.2) is 0 Å². The number of hydrogen-bond acceptors (Lipinski definition) is 5. The Morgan fingerprint density at radius 2 is 1.65 bits per heavy atom. The van der Waals surface area contributed by atoms with Crippen LogP contribution in [-0.4, -0.2) is 54.4 Å². The number of hydrogen-bond donors (Lipinski definition) is 4. The predicted molar refractivity (Wildman–Crippen MR) is 135 cm³/mol. The van der Waals surface area contributed by atoms with Gasteiger partial charge in [0.2, 0.25) is 17.7 Å². The lowest BCUT2D eigenvalue weighted by Gasteiger charge is -2.54. The second kappa shape index (κ2) is 11.6. The molecule has 4 saturated carbocycles. The monoisotopic (exact) mass is 486 g/mol. The van der Waals surface area contributed by atoms with Crippen LogP contribution in [-0.2, 0) is 20.8 Å². The first kappa shape index (κ1) is 25.0. The number of carbonyl (C=O) groups is 3. The minimum Gasteiger partial charge on any atom is -0.351 e. The highest BCUT2D eigenvalue weighted by Crippen LogP contribution is 2.53. The highest BCUT2D eigenvalue weighted by molar-refractivity contribution is 7.98. The third-order valence-corrected chi connectivity index (χ3v) is 8.51. The highest BCUT2D eigenvalue weighted by Gasteiger charge is 2.49. The number of amides is 3. The molecule has 4 aliphatic rings. The molecule has 8 heteroatoms. The maximum absolute atomic E-state index is 13.4. The number of carbonyl (C=O) groups excluding carboxylic acids is 3. The van der Waals surface area contributed by atoms with E-state index in [1.54, 1.807) is 11.8 Å². The molecule has 4 fully saturated rings. The molecule has 0 heterocycles. The second-order valence-corrected chi connectivity index (χ2v) is 11.4. The van der Waals surface area contributed by atoms with Crippen LogP contribution in [0.4, 0.5) is 0 Å². The van der Waals surface area contributed by atoms with Gasteiger partial charge in [-0.2, -0.15) is 11.8 Å². The summed E-state index contributed by atoms with van der Waals surface area (Å²) in [6, 6.07) is 8.60. The van der Waals surface area contributed by atoms with Gasteiger partial charge >= 0.3 is 0 Å². The van der Waals surface area contributed by atoms with Crippen molar-refractivity contribution in [3.8, 4) is 0 Å². The van der Waals surface area contributed by atoms with Gasteiger partial charge in [-0.3, -0.25) is 14.4 Å². The van der Waals surface area contributed by atoms with Gasteiger partial charge in [0.25, 0.3) is 0 Å². The van der Waals surface area contributed by atoms with Crippen LogP contribution in [0.5, 0.6) is 0 Å². The molecule has 0 spiro atoms. The molecule has 7 nitrogen and oxygen atoms in total. The molecule has 0 saturated heterocycles. The van der Waals surface area contributed by atoms with Crippen molar-refractivity contribution in [1.29, 1.82) is 0 Å². The van der Waals surface area contributed by atoms with Gasteiger partial charge in [-0.25, -0.2) is 0 Å². The Bertz CT molecular complexity index is 837. The number of nitrogens with one attached hydrogen (secondary N) is 3. The number of rotatable bonds is 11. The standard InChI is InChI=1S/C26H38N4O3S/c1-34-8-7-21(27)25(32)28-15-23(31)29-22(14-16-5-3-2-4-6-16)26(33)30-24-19-10-17-9-18(12-19)13-20(24)11-17/h2-6,17-22,24H,7-15,27H2,1H3,(H,28,32)(H,29,31)(H,30,33)/t17?,18?,19?,20?,21-,22+,24?/m1/s1. The summed E-state index contributed by atoms with van der Waals surface area (Å²) < 4.78 is 0. The Hall–Kier alpha value is -2.06. The van der Waals surface area contributed by atoms with Gasteiger partial charge in [-0.05, 0) is 79.8 Å². The van der Waals surface area contributed by atoms with Crippen molar-refractivity contribution in [2.45, 2.75) is 63.1 Å². The summed E-state index contributed by atoms with van der Waals surface area (Å²) in [5, 5.41) is 8.80. The van der Waals surface area contributed by atoms with Crippen molar-refractivity contribution in [2.24, 2.45) is 29.4 Å². The Morgan fingerprint density at radius 1 is 1.00 bits per heavy atom. The van der Waals surface area contributed by atoms with E-state index in [2.05, 4.69) is 16.0 Å². The van der Waals surface area contributed by atoms with Crippen LogP contribution in [0.3, 0.4) is 0 Å². The van der Waals surface area contributed by atoms with E-state index < -0.39 is 12.1 Å². The maximum Gasteiger partial charge on any atom is 0.243 e. The first-order valence-corrected chi connectivity index (χ1v) is 14.0. The van der Waals surface area contributed by atoms with E-state index in [-0.39, 0.29) is 30.3 Å². The van der Waals surface area contributed by atoms with Gasteiger partial charge in [0.05, 0.1) is 12.6 Å². The molecule has 3 amide bonds. The SMILES string of the molecule is CSCC[C@@H](N)C(=O)NCC(=O)N[C@@H](Cc1ccccc1)C(=O)NC1C2CC3CC(C2)CC1C3. The lowest BCUT2D eigenvalue weighted by Crippen LogP contribution is -2.59. The number of benzene rings is 1. The van der Waals surface area contributed by atoms with Crippen LogP contribution in [0.15, 0.2) is 30.3 Å². The zero-order chi connectivity index (χ0) is 24.1. The van der Waals surface area contributed by atoms with E-state index in [1.165, 1.54) is 32.1 Å². The number of thioether (sulfide) groups is 1. The molecular weight excluding hydrogens is 448 g/mol. The quantitative estimate of drug-likeness (QED) is 0.381. The Balaban J connectivity index is 1.35. The molecule has 0 radical (unpaired) electrons. The van der Waals surface area contributed by atoms with Crippen molar-refractivity contribution in [2.75, 3.05) is 18.6 Å². The average molecular weight is 487 g/mol. The first-order valence-electron chi connectivity index (χ1n) is 12.6. The minimum absolute atomic E-state index is 0.127. The zero-order valence-electron chi connectivity index (χ0n) is 20.0. The lowest BCUT2D eigenvalue weighted by atomic mass is 9.54. The van der Waals surface area contributed by atoms with Gasteiger partial charge in [0, 0.05) is 12.5 Å². The normalized spacial score (nSPS) is 28.7. The fourth-order valence-electron chi connectivity index (χ4n) is 6.40. The van der Waals surface area contributed by atoms with Crippen LogP contribution in [0.25, 0.3) is 0 Å². The minimum atomic E-state index is -0.686. The van der Waals surface area contributed by atoms with E-state index in [1.807, 2.05) is 36.6 Å². The fourth-order valence-corrected chi connectivity index (χ4v) is 6.89. The summed E-state index contributed by atoms with van der Waals surface area (Å²) >= 11 is 1.62. The van der Waals surface area contributed by atoms with Crippen molar-refractivity contribution in [3.63, 3.8) is 0 Å². The lowest BCUT2D eigenvalue weighted by molar-refractivity contribution is -0.131. The first-order chi connectivity index (χ1) is 16.4. The number of nitrogens with two attached hydrogens (primary N) is 1. The van der Waals surface area contributed by atoms with E-state index in [4.69, 9.17) is 5.73 Å².